The van der Waals surface area contributed by atoms with Crippen molar-refractivity contribution in [3.05, 3.63) is 83.2 Å². The summed E-state index contributed by atoms with van der Waals surface area (Å²) >= 11 is 6.30. The van der Waals surface area contributed by atoms with Crippen LogP contribution in [0.4, 0.5) is 4.39 Å². The minimum Gasteiger partial charge on any atom is -0.354 e. The van der Waals surface area contributed by atoms with Gasteiger partial charge in [0.1, 0.15) is 30.2 Å². The van der Waals surface area contributed by atoms with Gasteiger partial charge in [0.05, 0.1) is 6.54 Å². The normalized spacial score (nSPS) is 23.0. The van der Waals surface area contributed by atoms with E-state index in [4.69, 9.17) is 16.3 Å². The van der Waals surface area contributed by atoms with E-state index in [0.29, 0.717) is 11.6 Å². The number of benzene rings is 2. The molecule has 1 aliphatic heterocycles. The molecule has 2 heterocycles. The summed E-state index contributed by atoms with van der Waals surface area (Å²) in [4.78, 5) is 3.96. The van der Waals surface area contributed by atoms with Crippen LogP contribution in [-0.4, -0.2) is 14.8 Å². The molecule has 1 aliphatic rings. The molecule has 23 heavy (non-hydrogen) atoms. The van der Waals surface area contributed by atoms with Crippen LogP contribution in [0.15, 0.2) is 61.2 Å². The maximum atomic E-state index is 13.7. The van der Waals surface area contributed by atoms with E-state index in [1.165, 1.54) is 18.5 Å². The predicted octanol–water partition coefficient (Wildman–Crippen LogP) is 3.74. The molecule has 1 saturated heterocycles. The molecule has 0 N–H and O–H groups in total. The van der Waals surface area contributed by atoms with Gasteiger partial charge >= 0.3 is 0 Å². The smallest absolute Gasteiger partial charge is 0.144 e. The molecule has 4 nitrogen and oxygen atoms in total. The molecule has 0 bridgehead atoms. The first kappa shape index (κ1) is 14.4. The lowest BCUT2D eigenvalue weighted by Crippen LogP contribution is -2.19. The molecular formula is C17H13ClFN3O. The third kappa shape index (κ3) is 2.52. The first-order valence-electron chi connectivity index (χ1n) is 7.20. The minimum atomic E-state index is -0.694. The second kappa shape index (κ2) is 5.44. The standard InChI is InChI=1S/C17H13ClFN3O/c18-15-7-2-1-6-14(15)16-17(23-16,9-22-11-20-10-21-22)12-4-3-5-13(19)8-12/h1-8,10-11,16H,9H2/t16-,17-/m0/s1. The first-order valence-corrected chi connectivity index (χ1v) is 7.57. The van der Waals surface area contributed by atoms with Crippen molar-refractivity contribution >= 4 is 11.6 Å². The Morgan fingerprint density at radius 2 is 2.09 bits per heavy atom. The average molecular weight is 330 g/mol. The van der Waals surface area contributed by atoms with Crippen molar-refractivity contribution in [1.29, 1.82) is 0 Å². The first-order chi connectivity index (χ1) is 11.2. The van der Waals surface area contributed by atoms with Gasteiger partial charge in [-0.25, -0.2) is 14.1 Å². The molecule has 0 unspecified atom stereocenters. The predicted molar refractivity (Wildman–Crippen MR) is 83.4 cm³/mol. The highest BCUT2D eigenvalue weighted by atomic mass is 35.5. The van der Waals surface area contributed by atoms with E-state index in [2.05, 4.69) is 10.1 Å². The fourth-order valence-corrected chi connectivity index (χ4v) is 3.15. The SMILES string of the molecule is Fc1cccc([C@]2(Cn3cncn3)O[C@H]2c2ccccc2Cl)c1. The number of halogens is 2. The second-order valence-electron chi connectivity index (χ2n) is 5.51. The average Bonchev–Trinajstić information content (AvgIpc) is 3.02. The minimum absolute atomic E-state index is 0.248. The molecular weight excluding hydrogens is 317 g/mol. The molecule has 2 atom stereocenters. The Labute approximate surface area is 137 Å². The lowest BCUT2D eigenvalue weighted by molar-refractivity contribution is 0.262. The van der Waals surface area contributed by atoms with Crippen LogP contribution < -0.4 is 0 Å². The van der Waals surface area contributed by atoms with Gasteiger partial charge in [0, 0.05) is 10.6 Å². The molecule has 116 valence electrons. The lowest BCUT2D eigenvalue weighted by Gasteiger charge is -2.14. The summed E-state index contributed by atoms with van der Waals surface area (Å²) in [6.45, 7) is 0.437. The fraction of sp³-hybridized carbons (Fsp3) is 0.176. The monoisotopic (exact) mass is 329 g/mol. The van der Waals surface area contributed by atoms with E-state index in [-0.39, 0.29) is 11.9 Å². The number of ether oxygens (including phenoxy) is 1. The van der Waals surface area contributed by atoms with Gasteiger partial charge in [-0.3, -0.25) is 0 Å². The molecule has 3 aromatic rings. The van der Waals surface area contributed by atoms with Gasteiger partial charge < -0.3 is 4.74 Å². The molecule has 1 fully saturated rings. The summed E-state index contributed by atoms with van der Waals surface area (Å²) in [5, 5.41) is 4.77. The van der Waals surface area contributed by atoms with Gasteiger partial charge in [-0.1, -0.05) is 41.9 Å². The highest BCUT2D eigenvalue weighted by molar-refractivity contribution is 6.31. The van der Waals surface area contributed by atoms with Gasteiger partial charge in [0.25, 0.3) is 0 Å². The maximum Gasteiger partial charge on any atom is 0.144 e. The van der Waals surface area contributed by atoms with Crippen molar-refractivity contribution in [3.8, 4) is 0 Å². The summed E-state index contributed by atoms with van der Waals surface area (Å²) in [7, 11) is 0. The van der Waals surface area contributed by atoms with Crippen molar-refractivity contribution in [2.45, 2.75) is 18.2 Å². The van der Waals surface area contributed by atoms with Gasteiger partial charge in [-0.2, -0.15) is 5.10 Å². The summed E-state index contributed by atoms with van der Waals surface area (Å²) in [6, 6.07) is 14.0. The number of rotatable bonds is 4. The van der Waals surface area contributed by atoms with Gasteiger partial charge in [-0.05, 0) is 23.8 Å². The lowest BCUT2D eigenvalue weighted by atomic mass is 9.91. The van der Waals surface area contributed by atoms with E-state index in [1.807, 2.05) is 30.3 Å². The molecule has 0 amide bonds. The zero-order valence-corrected chi connectivity index (χ0v) is 12.8. The number of hydrogen-bond donors (Lipinski definition) is 0. The van der Waals surface area contributed by atoms with Gasteiger partial charge in [-0.15, -0.1) is 0 Å². The van der Waals surface area contributed by atoms with Crippen LogP contribution in [0, 0.1) is 5.82 Å². The Morgan fingerprint density at radius 1 is 1.22 bits per heavy atom. The van der Waals surface area contributed by atoms with Crippen molar-refractivity contribution < 1.29 is 9.13 Å². The Hall–Kier alpha value is -2.24. The van der Waals surface area contributed by atoms with Crippen molar-refractivity contribution in [1.82, 2.24) is 14.8 Å². The molecule has 0 aliphatic carbocycles. The Kier molecular flexibility index (Phi) is 3.39. The Balaban J connectivity index is 1.76. The van der Waals surface area contributed by atoms with Crippen LogP contribution in [0.1, 0.15) is 17.2 Å². The van der Waals surface area contributed by atoms with Crippen LogP contribution in [0.3, 0.4) is 0 Å². The van der Waals surface area contributed by atoms with E-state index in [9.17, 15) is 4.39 Å². The van der Waals surface area contributed by atoms with Crippen molar-refractivity contribution in [2.24, 2.45) is 0 Å². The van der Waals surface area contributed by atoms with E-state index in [0.717, 1.165) is 11.1 Å². The molecule has 4 rings (SSSR count). The molecule has 0 radical (unpaired) electrons. The van der Waals surface area contributed by atoms with Crippen molar-refractivity contribution in [2.75, 3.05) is 0 Å². The molecule has 2 aromatic carbocycles. The quantitative estimate of drug-likeness (QED) is 0.685. The summed E-state index contributed by atoms with van der Waals surface area (Å²) < 4.78 is 21.4. The maximum absolute atomic E-state index is 13.7. The third-order valence-corrected chi connectivity index (χ3v) is 4.40. The molecule has 0 spiro atoms. The number of epoxide rings is 1. The summed E-state index contributed by atoms with van der Waals surface area (Å²) in [5.74, 6) is -0.297. The highest BCUT2D eigenvalue weighted by Gasteiger charge is 2.59. The van der Waals surface area contributed by atoms with E-state index >= 15 is 0 Å². The summed E-state index contributed by atoms with van der Waals surface area (Å²) in [5.41, 5.74) is 0.956. The Morgan fingerprint density at radius 3 is 2.83 bits per heavy atom. The number of aromatic nitrogens is 3. The largest absolute Gasteiger partial charge is 0.354 e. The van der Waals surface area contributed by atoms with Crippen LogP contribution >= 0.6 is 11.6 Å². The third-order valence-electron chi connectivity index (χ3n) is 4.06. The van der Waals surface area contributed by atoms with Crippen molar-refractivity contribution in [3.63, 3.8) is 0 Å². The number of hydrogen-bond acceptors (Lipinski definition) is 3. The van der Waals surface area contributed by atoms with E-state index < -0.39 is 5.60 Å². The molecule has 0 saturated carbocycles. The molecule has 1 aromatic heterocycles. The molecule has 6 heteroatoms. The second-order valence-corrected chi connectivity index (χ2v) is 5.92. The van der Waals surface area contributed by atoms with Crippen LogP contribution in [-0.2, 0) is 16.9 Å². The Bertz CT molecular complexity index is 839. The topological polar surface area (TPSA) is 43.2 Å². The van der Waals surface area contributed by atoms with Crippen LogP contribution in [0.25, 0.3) is 0 Å². The van der Waals surface area contributed by atoms with Gasteiger partial charge in [0.2, 0.25) is 0 Å². The van der Waals surface area contributed by atoms with Gasteiger partial charge in [0.15, 0.2) is 0 Å². The number of nitrogens with zero attached hydrogens (tertiary/aromatic N) is 3. The van der Waals surface area contributed by atoms with Crippen LogP contribution in [0.5, 0.6) is 0 Å². The fourth-order valence-electron chi connectivity index (χ4n) is 2.92. The summed E-state index contributed by atoms with van der Waals surface area (Å²) in [6.07, 6.45) is 2.83. The zero-order chi connectivity index (χ0) is 15.9. The zero-order valence-electron chi connectivity index (χ0n) is 12.1. The highest BCUT2D eigenvalue weighted by Crippen LogP contribution is 2.59. The van der Waals surface area contributed by atoms with Crippen LogP contribution in [0.2, 0.25) is 5.02 Å². The van der Waals surface area contributed by atoms with E-state index in [1.54, 1.807) is 17.1 Å².